The molecule has 1 heterocycles. The van der Waals surface area contributed by atoms with Crippen LogP contribution in [-0.4, -0.2) is 36.6 Å². The Hall–Kier alpha value is -1.56. The van der Waals surface area contributed by atoms with Gasteiger partial charge in [-0.15, -0.1) is 0 Å². The summed E-state index contributed by atoms with van der Waals surface area (Å²) >= 11 is 3.41. The summed E-state index contributed by atoms with van der Waals surface area (Å²) in [5.41, 5.74) is 0.773. The molecule has 2 amide bonds. The molecule has 0 atom stereocenters. The number of halogens is 1. The number of nitrogens with zero attached hydrogens (tertiary/aromatic N) is 1. The second-order valence-corrected chi connectivity index (χ2v) is 5.78. The monoisotopic (exact) mass is 354 g/mol. The molecular formula is C15H19BrN2O3. The maximum Gasteiger partial charge on any atom is 0.409 e. The molecule has 0 unspecified atom stereocenters. The Morgan fingerprint density at radius 3 is 2.62 bits per heavy atom. The summed E-state index contributed by atoms with van der Waals surface area (Å²) in [5.74, 6) is -0.0619. The number of para-hydroxylation sites is 1. The molecule has 1 N–H and O–H groups in total. The van der Waals surface area contributed by atoms with Gasteiger partial charge in [-0.25, -0.2) is 4.79 Å². The number of amides is 2. The number of piperidine rings is 1. The minimum Gasteiger partial charge on any atom is -0.450 e. The third kappa shape index (κ3) is 4.20. The van der Waals surface area contributed by atoms with E-state index in [0.29, 0.717) is 32.5 Å². The summed E-state index contributed by atoms with van der Waals surface area (Å²) in [6.45, 7) is 3.29. The average molecular weight is 355 g/mol. The predicted molar refractivity (Wildman–Crippen MR) is 84.1 cm³/mol. The molecule has 0 radical (unpaired) electrons. The van der Waals surface area contributed by atoms with E-state index in [1.165, 1.54) is 0 Å². The van der Waals surface area contributed by atoms with Crippen LogP contribution in [0.2, 0.25) is 0 Å². The van der Waals surface area contributed by atoms with Crippen molar-refractivity contribution >= 4 is 33.6 Å². The van der Waals surface area contributed by atoms with Crippen molar-refractivity contribution in [2.75, 3.05) is 25.0 Å². The highest BCUT2D eigenvalue weighted by Gasteiger charge is 2.28. The Balaban J connectivity index is 1.86. The molecule has 21 heavy (non-hydrogen) atoms. The molecule has 1 fully saturated rings. The third-order valence-corrected chi connectivity index (χ3v) is 4.21. The number of rotatable bonds is 3. The Morgan fingerprint density at radius 1 is 1.33 bits per heavy atom. The highest BCUT2D eigenvalue weighted by molar-refractivity contribution is 9.10. The Morgan fingerprint density at radius 2 is 2.00 bits per heavy atom. The van der Waals surface area contributed by atoms with E-state index >= 15 is 0 Å². The number of likely N-dealkylation sites (tertiary alicyclic amines) is 1. The molecule has 0 aromatic heterocycles. The van der Waals surface area contributed by atoms with E-state index in [1.54, 1.807) is 11.8 Å². The smallest absolute Gasteiger partial charge is 0.409 e. The summed E-state index contributed by atoms with van der Waals surface area (Å²) in [5, 5.41) is 2.93. The molecule has 114 valence electrons. The highest BCUT2D eigenvalue weighted by atomic mass is 79.9. The Labute approximate surface area is 132 Å². The molecule has 1 aromatic carbocycles. The number of anilines is 1. The van der Waals surface area contributed by atoms with Gasteiger partial charge in [0.2, 0.25) is 5.91 Å². The van der Waals surface area contributed by atoms with Crippen molar-refractivity contribution < 1.29 is 14.3 Å². The lowest BCUT2D eigenvalue weighted by Gasteiger charge is -2.30. The van der Waals surface area contributed by atoms with Crippen LogP contribution < -0.4 is 5.32 Å². The van der Waals surface area contributed by atoms with E-state index in [9.17, 15) is 9.59 Å². The fourth-order valence-corrected chi connectivity index (χ4v) is 2.72. The zero-order valence-electron chi connectivity index (χ0n) is 12.0. The maximum absolute atomic E-state index is 12.3. The SMILES string of the molecule is CCOC(=O)N1CCC(C(=O)Nc2ccccc2Br)CC1. The van der Waals surface area contributed by atoms with Crippen molar-refractivity contribution in [3.63, 3.8) is 0 Å². The van der Waals surface area contributed by atoms with Crippen LogP contribution in [0.1, 0.15) is 19.8 Å². The van der Waals surface area contributed by atoms with Crippen molar-refractivity contribution in [1.82, 2.24) is 4.90 Å². The number of carbonyl (C=O) groups excluding carboxylic acids is 2. The van der Waals surface area contributed by atoms with Crippen LogP contribution >= 0.6 is 15.9 Å². The largest absolute Gasteiger partial charge is 0.450 e. The standard InChI is InChI=1S/C15H19BrN2O3/c1-2-21-15(20)18-9-7-11(8-10-18)14(19)17-13-6-4-3-5-12(13)16/h3-6,11H,2,7-10H2,1H3,(H,17,19). The third-order valence-electron chi connectivity index (χ3n) is 3.52. The Bertz CT molecular complexity index is 513. The van der Waals surface area contributed by atoms with E-state index in [4.69, 9.17) is 4.74 Å². The van der Waals surface area contributed by atoms with Gasteiger partial charge in [-0.05, 0) is 47.8 Å². The van der Waals surface area contributed by atoms with Gasteiger partial charge < -0.3 is 15.0 Å². The van der Waals surface area contributed by atoms with Crippen LogP contribution in [0.15, 0.2) is 28.7 Å². The van der Waals surface area contributed by atoms with E-state index in [1.807, 2.05) is 24.3 Å². The molecule has 0 spiro atoms. The molecule has 2 rings (SSSR count). The van der Waals surface area contributed by atoms with Crippen molar-refractivity contribution in [2.24, 2.45) is 5.92 Å². The first-order chi connectivity index (χ1) is 10.1. The van der Waals surface area contributed by atoms with E-state index in [0.717, 1.165) is 10.2 Å². The number of ether oxygens (including phenoxy) is 1. The molecule has 6 heteroatoms. The van der Waals surface area contributed by atoms with Crippen molar-refractivity contribution in [1.29, 1.82) is 0 Å². The molecule has 0 bridgehead atoms. The summed E-state index contributed by atoms with van der Waals surface area (Å²) < 4.78 is 5.83. The van der Waals surface area contributed by atoms with Gasteiger partial charge in [0, 0.05) is 23.5 Å². The molecule has 5 nitrogen and oxygen atoms in total. The summed E-state index contributed by atoms with van der Waals surface area (Å²) in [4.78, 5) is 25.5. The van der Waals surface area contributed by atoms with Gasteiger partial charge in [-0.3, -0.25) is 4.79 Å². The minimum absolute atomic E-state index is 0.00501. The summed E-state index contributed by atoms with van der Waals surface area (Å²) in [6.07, 6.45) is 1.03. The second kappa shape index (κ2) is 7.45. The van der Waals surface area contributed by atoms with Gasteiger partial charge in [0.1, 0.15) is 0 Å². The lowest BCUT2D eigenvalue weighted by Crippen LogP contribution is -2.41. The summed E-state index contributed by atoms with van der Waals surface area (Å²) in [6, 6.07) is 7.52. The highest BCUT2D eigenvalue weighted by Crippen LogP contribution is 2.24. The zero-order chi connectivity index (χ0) is 15.2. The molecule has 0 aliphatic carbocycles. The first kappa shape index (κ1) is 15.8. The average Bonchev–Trinajstić information content (AvgIpc) is 2.50. The fourth-order valence-electron chi connectivity index (χ4n) is 2.34. The van der Waals surface area contributed by atoms with Crippen molar-refractivity contribution in [2.45, 2.75) is 19.8 Å². The van der Waals surface area contributed by atoms with Crippen LogP contribution in [-0.2, 0) is 9.53 Å². The number of benzene rings is 1. The van der Waals surface area contributed by atoms with Crippen LogP contribution in [0.4, 0.5) is 10.5 Å². The molecule has 1 aliphatic rings. The molecule has 0 saturated carbocycles. The van der Waals surface area contributed by atoms with E-state index in [-0.39, 0.29) is 17.9 Å². The minimum atomic E-state index is -0.290. The molecule has 1 aliphatic heterocycles. The van der Waals surface area contributed by atoms with Crippen LogP contribution in [0.3, 0.4) is 0 Å². The number of hydrogen-bond donors (Lipinski definition) is 1. The quantitative estimate of drug-likeness (QED) is 0.906. The van der Waals surface area contributed by atoms with Gasteiger partial charge in [-0.2, -0.15) is 0 Å². The first-order valence-electron chi connectivity index (χ1n) is 7.09. The Kier molecular flexibility index (Phi) is 5.61. The zero-order valence-corrected chi connectivity index (χ0v) is 13.6. The van der Waals surface area contributed by atoms with Crippen LogP contribution in [0, 0.1) is 5.92 Å². The van der Waals surface area contributed by atoms with Gasteiger partial charge in [0.05, 0.1) is 12.3 Å². The number of nitrogens with one attached hydrogen (secondary N) is 1. The molecule has 1 aromatic rings. The van der Waals surface area contributed by atoms with Gasteiger partial charge >= 0.3 is 6.09 Å². The maximum atomic E-state index is 12.3. The normalized spacial score (nSPS) is 15.6. The fraction of sp³-hybridized carbons (Fsp3) is 0.467. The van der Waals surface area contributed by atoms with Crippen molar-refractivity contribution in [3.8, 4) is 0 Å². The lowest BCUT2D eigenvalue weighted by molar-refractivity contribution is -0.121. The van der Waals surface area contributed by atoms with Gasteiger partial charge in [0.15, 0.2) is 0 Å². The number of hydrogen-bond acceptors (Lipinski definition) is 3. The predicted octanol–water partition coefficient (Wildman–Crippen LogP) is 3.26. The topological polar surface area (TPSA) is 58.6 Å². The molecular weight excluding hydrogens is 336 g/mol. The lowest BCUT2D eigenvalue weighted by atomic mass is 9.96. The molecule has 1 saturated heterocycles. The second-order valence-electron chi connectivity index (χ2n) is 4.93. The van der Waals surface area contributed by atoms with Crippen LogP contribution in [0.25, 0.3) is 0 Å². The van der Waals surface area contributed by atoms with Crippen molar-refractivity contribution in [3.05, 3.63) is 28.7 Å². The first-order valence-corrected chi connectivity index (χ1v) is 7.88. The van der Waals surface area contributed by atoms with Gasteiger partial charge in [-0.1, -0.05) is 12.1 Å². The van der Waals surface area contributed by atoms with Gasteiger partial charge in [0.25, 0.3) is 0 Å². The van der Waals surface area contributed by atoms with Crippen LogP contribution in [0.5, 0.6) is 0 Å². The van der Waals surface area contributed by atoms with E-state index < -0.39 is 0 Å². The number of carbonyl (C=O) groups is 2. The summed E-state index contributed by atoms with van der Waals surface area (Å²) in [7, 11) is 0. The van der Waals surface area contributed by atoms with E-state index in [2.05, 4.69) is 21.2 Å².